The first-order valence-corrected chi connectivity index (χ1v) is 14.6. The molecule has 0 aliphatic carbocycles. The zero-order valence-electron chi connectivity index (χ0n) is 22.9. The van der Waals surface area contributed by atoms with E-state index >= 15 is 0 Å². The van der Waals surface area contributed by atoms with Gasteiger partial charge in [0.05, 0.1) is 16.5 Å². The number of carbonyl (C=O) groups is 3. The first-order valence-electron chi connectivity index (χ1n) is 13.0. The molecule has 0 aliphatic heterocycles. The molecule has 0 saturated heterocycles. The maximum atomic E-state index is 13.3. The number of halogens is 5. The largest absolute Gasteiger partial charge is 0.418 e. The number of benzene rings is 4. The van der Waals surface area contributed by atoms with Crippen LogP contribution in [-0.4, -0.2) is 23.0 Å². The molecule has 0 saturated carbocycles. The van der Waals surface area contributed by atoms with Gasteiger partial charge < -0.3 is 16.0 Å². The molecule has 4 aromatic carbocycles. The van der Waals surface area contributed by atoms with E-state index in [4.69, 9.17) is 23.2 Å². The molecule has 226 valence electrons. The van der Waals surface area contributed by atoms with Crippen molar-refractivity contribution in [1.29, 1.82) is 0 Å². The number of para-hydroxylation sites is 1. The van der Waals surface area contributed by atoms with Crippen molar-refractivity contribution < 1.29 is 27.6 Å². The van der Waals surface area contributed by atoms with Crippen LogP contribution in [0.5, 0.6) is 0 Å². The average Bonchev–Trinajstić information content (AvgIpc) is 2.99. The van der Waals surface area contributed by atoms with Crippen LogP contribution in [0.3, 0.4) is 0 Å². The third-order valence-electron chi connectivity index (χ3n) is 6.10. The number of rotatable bonds is 9. The van der Waals surface area contributed by atoms with Gasteiger partial charge >= 0.3 is 6.18 Å². The van der Waals surface area contributed by atoms with Crippen molar-refractivity contribution in [3.8, 4) is 0 Å². The van der Waals surface area contributed by atoms with Crippen molar-refractivity contribution in [3.05, 3.63) is 129 Å². The predicted molar refractivity (Wildman–Crippen MR) is 169 cm³/mol. The fraction of sp³-hybridized carbons (Fsp3) is 0.0938. The van der Waals surface area contributed by atoms with E-state index in [1.165, 1.54) is 24.3 Å². The number of hydrogen-bond acceptors (Lipinski definition) is 4. The van der Waals surface area contributed by atoms with Gasteiger partial charge in [-0.2, -0.15) is 13.2 Å². The number of anilines is 2. The molecule has 0 fully saturated rings. The number of thioether (sulfide) groups is 1. The van der Waals surface area contributed by atoms with Crippen LogP contribution in [0.2, 0.25) is 10.0 Å². The van der Waals surface area contributed by atoms with Crippen LogP contribution in [0.1, 0.15) is 28.4 Å². The van der Waals surface area contributed by atoms with E-state index in [-0.39, 0.29) is 21.4 Å². The lowest BCUT2D eigenvalue weighted by Crippen LogP contribution is -2.30. The highest BCUT2D eigenvalue weighted by molar-refractivity contribution is 8.00. The van der Waals surface area contributed by atoms with Crippen molar-refractivity contribution in [2.24, 2.45) is 0 Å². The smallest absolute Gasteiger partial charge is 0.325 e. The summed E-state index contributed by atoms with van der Waals surface area (Å²) in [6.45, 7) is 1.57. The van der Waals surface area contributed by atoms with Crippen molar-refractivity contribution in [1.82, 2.24) is 5.32 Å². The highest BCUT2D eigenvalue weighted by atomic mass is 35.5. The lowest BCUT2D eigenvalue weighted by atomic mass is 10.1. The molecule has 0 heterocycles. The van der Waals surface area contributed by atoms with Gasteiger partial charge in [0.15, 0.2) is 0 Å². The second kappa shape index (κ2) is 14.5. The van der Waals surface area contributed by atoms with Gasteiger partial charge in [-0.15, -0.1) is 11.8 Å². The minimum atomic E-state index is -4.61. The molecular formula is C32H24Cl2F3N3O3S. The summed E-state index contributed by atoms with van der Waals surface area (Å²) in [6.07, 6.45) is -3.23. The van der Waals surface area contributed by atoms with Crippen LogP contribution >= 0.6 is 35.0 Å². The van der Waals surface area contributed by atoms with Gasteiger partial charge in [0, 0.05) is 31.8 Å². The van der Waals surface area contributed by atoms with Gasteiger partial charge in [0.25, 0.3) is 11.8 Å². The van der Waals surface area contributed by atoms with Crippen LogP contribution in [0, 0.1) is 0 Å². The van der Waals surface area contributed by atoms with Gasteiger partial charge in [-0.05, 0) is 73.7 Å². The Balaban J connectivity index is 1.46. The van der Waals surface area contributed by atoms with E-state index < -0.39 is 34.7 Å². The van der Waals surface area contributed by atoms with Gasteiger partial charge in [-0.3, -0.25) is 14.4 Å². The molecular weight excluding hydrogens is 634 g/mol. The van der Waals surface area contributed by atoms with E-state index in [2.05, 4.69) is 16.0 Å². The summed E-state index contributed by atoms with van der Waals surface area (Å²) in [5.41, 5.74) is -0.325. The fourth-order valence-corrected chi connectivity index (χ4v) is 5.26. The van der Waals surface area contributed by atoms with Crippen molar-refractivity contribution >= 4 is 70.1 Å². The maximum absolute atomic E-state index is 13.3. The number of hydrogen-bond donors (Lipinski definition) is 3. The Morgan fingerprint density at radius 2 is 1.41 bits per heavy atom. The minimum absolute atomic E-state index is 0.114. The molecule has 6 nitrogen and oxygen atoms in total. The van der Waals surface area contributed by atoms with E-state index in [0.29, 0.717) is 21.7 Å². The van der Waals surface area contributed by atoms with E-state index in [9.17, 15) is 27.6 Å². The number of nitrogens with one attached hydrogen (secondary N) is 3. The summed E-state index contributed by atoms with van der Waals surface area (Å²) >= 11 is 13.7. The lowest BCUT2D eigenvalue weighted by Gasteiger charge is -2.16. The minimum Gasteiger partial charge on any atom is -0.325 e. The summed E-state index contributed by atoms with van der Waals surface area (Å²) in [5.74, 6) is -1.78. The summed E-state index contributed by atoms with van der Waals surface area (Å²) in [4.78, 5) is 39.5. The van der Waals surface area contributed by atoms with Crippen LogP contribution in [-0.2, 0) is 15.8 Å². The van der Waals surface area contributed by atoms with Gasteiger partial charge in [0.2, 0.25) is 5.91 Å². The Hall–Kier alpha value is -4.25. The monoisotopic (exact) mass is 657 g/mol. The van der Waals surface area contributed by atoms with Crippen molar-refractivity contribution in [2.75, 3.05) is 10.6 Å². The highest BCUT2D eigenvalue weighted by Crippen LogP contribution is 2.35. The highest BCUT2D eigenvalue weighted by Gasteiger charge is 2.34. The van der Waals surface area contributed by atoms with Gasteiger partial charge in [-0.1, -0.05) is 59.6 Å². The number of carbonyl (C=O) groups excluding carboxylic acids is 3. The van der Waals surface area contributed by atoms with E-state index in [0.717, 1.165) is 17.8 Å². The second-order valence-electron chi connectivity index (χ2n) is 9.28. The quantitative estimate of drug-likeness (QED) is 0.124. The summed E-state index contributed by atoms with van der Waals surface area (Å²) < 4.78 is 39.9. The summed E-state index contributed by atoms with van der Waals surface area (Å²) in [7, 11) is 0. The Bertz CT molecular complexity index is 1680. The normalized spacial score (nSPS) is 12.3. The molecule has 44 heavy (non-hydrogen) atoms. The molecule has 3 amide bonds. The van der Waals surface area contributed by atoms with Crippen LogP contribution in [0.4, 0.5) is 24.5 Å². The van der Waals surface area contributed by atoms with E-state index in [1.54, 1.807) is 79.7 Å². The zero-order chi connectivity index (χ0) is 31.9. The first-order chi connectivity index (χ1) is 20.9. The third kappa shape index (κ3) is 8.66. The SMILES string of the molecule is CC(Sc1ccc(NC(=O)/C(=C/c2c(Cl)cccc2Cl)NC(=O)c2ccccc2)cc1)C(=O)Nc1ccccc1C(F)(F)F. The first kappa shape index (κ1) is 32.7. The predicted octanol–water partition coefficient (Wildman–Crippen LogP) is 8.54. The second-order valence-corrected chi connectivity index (χ2v) is 11.5. The maximum Gasteiger partial charge on any atom is 0.418 e. The fourth-order valence-electron chi connectivity index (χ4n) is 3.88. The third-order valence-corrected chi connectivity index (χ3v) is 7.87. The number of amides is 3. The molecule has 1 unspecified atom stereocenters. The Morgan fingerprint density at radius 3 is 2.05 bits per heavy atom. The van der Waals surface area contributed by atoms with Crippen molar-refractivity contribution in [3.63, 3.8) is 0 Å². The Morgan fingerprint density at radius 1 is 0.795 bits per heavy atom. The number of alkyl halides is 3. The van der Waals surface area contributed by atoms with E-state index in [1.807, 2.05) is 0 Å². The average molecular weight is 659 g/mol. The molecule has 0 radical (unpaired) electrons. The Kier molecular flexibility index (Phi) is 10.7. The van der Waals surface area contributed by atoms with Gasteiger partial charge in [0.1, 0.15) is 5.70 Å². The molecule has 1 atom stereocenters. The van der Waals surface area contributed by atoms with Gasteiger partial charge in [-0.25, -0.2) is 0 Å². The topological polar surface area (TPSA) is 87.3 Å². The molecule has 0 bridgehead atoms. The molecule has 4 rings (SSSR count). The van der Waals surface area contributed by atoms with Crippen LogP contribution in [0.15, 0.2) is 108 Å². The molecule has 4 aromatic rings. The molecule has 3 N–H and O–H groups in total. The Labute approximate surface area is 265 Å². The summed E-state index contributed by atoms with van der Waals surface area (Å²) in [5, 5.41) is 7.49. The molecule has 0 aromatic heterocycles. The standard InChI is InChI=1S/C32H24Cl2F3N3O3S/c1-19(29(41)39-27-13-6-5-10-24(27)32(35,36)37)44-22-16-14-21(15-17-22)38-31(43)28(18-23-25(33)11-7-12-26(23)34)40-30(42)20-8-3-2-4-9-20/h2-19H,1H3,(H,38,43)(H,39,41)(H,40,42)/b28-18-. The molecule has 0 aliphatic rings. The molecule has 0 spiro atoms. The lowest BCUT2D eigenvalue weighted by molar-refractivity contribution is -0.137. The van der Waals surface area contributed by atoms with Crippen LogP contribution in [0.25, 0.3) is 6.08 Å². The summed E-state index contributed by atoms with van der Waals surface area (Å²) in [6, 6.07) is 24.4. The van der Waals surface area contributed by atoms with Crippen molar-refractivity contribution in [2.45, 2.75) is 23.2 Å². The van der Waals surface area contributed by atoms with Crippen LogP contribution < -0.4 is 16.0 Å². The zero-order valence-corrected chi connectivity index (χ0v) is 25.2. The molecule has 12 heteroatoms.